The molecule has 2 nitrogen and oxygen atoms in total. The number of rotatable bonds is 3. The quantitative estimate of drug-likeness (QED) is 0.644. The van der Waals surface area contributed by atoms with Crippen molar-refractivity contribution < 1.29 is 4.79 Å². The number of nitrogens with two attached hydrogens (primary N) is 1. The van der Waals surface area contributed by atoms with E-state index in [-0.39, 0.29) is 24.6 Å². The molecule has 14 heavy (non-hydrogen) atoms. The van der Waals surface area contributed by atoms with Crippen LogP contribution in [0.5, 0.6) is 0 Å². The zero-order chi connectivity index (χ0) is 9.90. The molecule has 0 aliphatic rings. The molecule has 4 heteroatoms. The van der Waals surface area contributed by atoms with E-state index in [2.05, 4.69) is 0 Å². The topological polar surface area (TPSA) is 43.1 Å². The van der Waals surface area contributed by atoms with Crippen molar-refractivity contribution in [1.82, 2.24) is 0 Å². The first-order chi connectivity index (χ1) is 6.02. The average Bonchev–Trinajstić information content (AvgIpc) is 2.04. The molecule has 0 heterocycles. The highest BCUT2D eigenvalue weighted by molar-refractivity contribution is 6.24. The van der Waals surface area contributed by atoms with Crippen molar-refractivity contribution >= 4 is 29.8 Å². The van der Waals surface area contributed by atoms with Gasteiger partial charge in [-0.3, -0.25) is 4.79 Å². The molecule has 1 atom stereocenters. The second-order valence-electron chi connectivity index (χ2n) is 3.11. The summed E-state index contributed by atoms with van der Waals surface area (Å²) >= 11 is 6.01. The molecule has 1 aromatic rings. The molecule has 0 aliphatic heterocycles. The summed E-state index contributed by atoms with van der Waals surface area (Å²) in [5.41, 5.74) is 6.55. The third-order valence-corrected chi connectivity index (χ3v) is 2.11. The van der Waals surface area contributed by atoms with Crippen LogP contribution in [0, 0.1) is 0 Å². The number of hydrogen-bond acceptors (Lipinski definition) is 2. The molecular formula is C10H13Cl2NO. The van der Waals surface area contributed by atoms with Crippen molar-refractivity contribution in [3.8, 4) is 0 Å². The van der Waals surface area contributed by atoms with Gasteiger partial charge in [0, 0.05) is 6.42 Å². The van der Waals surface area contributed by atoms with Crippen LogP contribution < -0.4 is 5.73 Å². The summed E-state index contributed by atoms with van der Waals surface area (Å²) in [5.74, 6) is -0.0126. The highest BCUT2D eigenvalue weighted by Crippen LogP contribution is 2.26. The fourth-order valence-corrected chi connectivity index (χ4v) is 1.49. The van der Waals surface area contributed by atoms with Crippen molar-refractivity contribution in [1.29, 1.82) is 0 Å². The van der Waals surface area contributed by atoms with Crippen LogP contribution in [-0.4, -0.2) is 5.78 Å². The van der Waals surface area contributed by atoms with Crippen LogP contribution in [0.25, 0.3) is 0 Å². The van der Waals surface area contributed by atoms with E-state index in [1.807, 2.05) is 30.3 Å². The second kappa shape index (κ2) is 5.35. The maximum atomic E-state index is 10.9. The van der Waals surface area contributed by atoms with Gasteiger partial charge in [0.05, 0.1) is 0 Å². The first-order valence-electron chi connectivity index (χ1n) is 4.05. The Morgan fingerprint density at radius 1 is 1.43 bits per heavy atom. The normalized spacial score (nSPS) is 13.9. The van der Waals surface area contributed by atoms with E-state index in [0.29, 0.717) is 0 Å². The summed E-state index contributed by atoms with van der Waals surface area (Å²) in [6, 6.07) is 9.20. The van der Waals surface area contributed by atoms with Crippen molar-refractivity contribution in [3.05, 3.63) is 35.9 Å². The Morgan fingerprint density at radius 3 is 2.36 bits per heavy atom. The first kappa shape index (κ1) is 13.4. The Bertz CT molecular complexity index is 298. The number of benzene rings is 1. The summed E-state index contributed by atoms with van der Waals surface area (Å²) in [7, 11) is 0. The van der Waals surface area contributed by atoms with Gasteiger partial charge in [0.1, 0.15) is 10.8 Å². The summed E-state index contributed by atoms with van der Waals surface area (Å²) in [6.45, 7) is 1.48. The molecule has 2 N–H and O–H groups in total. The summed E-state index contributed by atoms with van der Waals surface area (Å²) < 4.78 is 0. The van der Waals surface area contributed by atoms with Crippen LogP contribution in [0.2, 0.25) is 0 Å². The number of Topliss-reactive ketones (excluding diaryl/α,β-unsaturated/α-hetero) is 1. The maximum absolute atomic E-state index is 10.9. The number of halogens is 2. The summed E-state index contributed by atoms with van der Waals surface area (Å²) in [5, 5.41) is 0. The smallest absolute Gasteiger partial charge is 0.133 e. The molecule has 1 rings (SSSR count). The average molecular weight is 234 g/mol. The highest BCUT2D eigenvalue weighted by atomic mass is 35.5. The molecule has 0 aromatic heterocycles. The predicted molar refractivity (Wildman–Crippen MR) is 60.7 cm³/mol. The lowest BCUT2D eigenvalue weighted by molar-refractivity contribution is -0.117. The number of carbonyl (C=O) groups is 1. The van der Waals surface area contributed by atoms with E-state index in [4.69, 9.17) is 17.3 Å². The Labute approximate surface area is 94.8 Å². The van der Waals surface area contributed by atoms with Gasteiger partial charge in [-0.1, -0.05) is 41.9 Å². The zero-order valence-electron chi connectivity index (χ0n) is 7.87. The van der Waals surface area contributed by atoms with Crippen LogP contribution >= 0.6 is 24.0 Å². The van der Waals surface area contributed by atoms with E-state index < -0.39 is 5.00 Å². The molecule has 0 aliphatic carbocycles. The van der Waals surface area contributed by atoms with Crippen molar-refractivity contribution in [2.45, 2.75) is 18.3 Å². The lowest BCUT2D eigenvalue weighted by atomic mass is 10.0. The monoisotopic (exact) mass is 233 g/mol. The standard InChI is InChI=1S/C10H12ClNO.ClH/c1-8(13)7-10(11,12)9-5-3-2-4-6-9;/h2-6H,7,12H2,1H3;1H. The van der Waals surface area contributed by atoms with Crippen molar-refractivity contribution in [2.75, 3.05) is 0 Å². The van der Waals surface area contributed by atoms with Crippen LogP contribution in [0.15, 0.2) is 30.3 Å². The minimum atomic E-state index is -1.06. The van der Waals surface area contributed by atoms with E-state index in [9.17, 15) is 4.79 Å². The summed E-state index contributed by atoms with van der Waals surface area (Å²) in [4.78, 5) is 9.81. The Balaban J connectivity index is 0.00000169. The third kappa shape index (κ3) is 3.66. The van der Waals surface area contributed by atoms with E-state index in [0.717, 1.165) is 5.56 Å². The van der Waals surface area contributed by atoms with Gasteiger partial charge in [-0.15, -0.1) is 12.4 Å². The molecule has 0 saturated heterocycles. The Morgan fingerprint density at radius 2 is 1.93 bits per heavy atom. The highest BCUT2D eigenvalue weighted by Gasteiger charge is 2.25. The first-order valence-corrected chi connectivity index (χ1v) is 4.43. The van der Waals surface area contributed by atoms with Crippen LogP contribution in [0.1, 0.15) is 18.9 Å². The van der Waals surface area contributed by atoms with Gasteiger partial charge in [0.2, 0.25) is 0 Å². The van der Waals surface area contributed by atoms with Crippen LogP contribution in [-0.2, 0) is 9.79 Å². The maximum Gasteiger partial charge on any atom is 0.133 e. The van der Waals surface area contributed by atoms with Gasteiger partial charge in [-0.05, 0) is 12.5 Å². The van der Waals surface area contributed by atoms with Crippen molar-refractivity contribution in [2.24, 2.45) is 5.73 Å². The molecule has 0 amide bonds. The Hall–Kier alpha value is -0.570. The lowest BCUT2D eigenvalue weighted by Crippen LogP contribution is -2.32. The summed E-state index contributed by atoms with van der Waals surface area (Å²) in [6.07, 6.45) is 0.151. The van der Waals surface area contributed by atoms with E-state index in [1.54, 1.807) is 0 Å². The molecular weight excluding hydrogens is 221 g/mol. The molecule has 1 unspecified atom stereocenters. The minimum absolute atomic E-state index is 0. The molecule has 0 spiro atoms. The van der Waals surface area contributed by atoms with Gasteiger partial charge in [0.15, 0.2) is 0 Å². The fraction of sp³-hybridized carbons (Fsp3) is 0.300. The van der Waals surface area contributed by atoms with Gasteiger partial charge < -0.3 is 5.73 Å². The number of ketones is 1. The van der Waals surface area contributed by atoms with Gasteiger partial charge in [-0.2, -0.15) is 0 Å². The number of hydrogen-bond donors (Lipinski definition) is 1. The largest absolute Gasteiger partial charge is 0.309 e. The Kier molecular flexibility index (Phi) is 5.13. The molecule has 0 fully saturated rings. The van der Waals surface area contributed by atoms with E-state index in [1.165, 1.54) is 6.92 Å². The predicted octanol–water partition coefficient (Wildman–Crippen LogP) is 2.44. The zero-order valence-corrected chi connectivity index (χ0v) is 9.44. The number of carbonyl (C=O) groups excluding carboxylic acids is 1. The second-order valence-corrected chi connectivity index (χ2v) is 3.78. The SMILES string of the molecule is CC(=O)CC(N)(Cl)c1ccccc1.Cl. The molecule has 0 radical (unpaired) electrons. The minimum Gasteiger partial charge on any atom is -0.309 e. The lowest BCUT2D eigenvalue weighted by Gasteiger charge is -2.20. The molecule has 78 valence electrons. The molecule has 1 aromatic carbocycles. The van der Waals surface area contributed by atoms with Gasteiger partial charge >= 0.3 is 0 Å². The van der Waals surface area contributed by atoms with Crippen LogP contribution in [0.4, 0.5) is 0 Å². The third-order valence-electron chi connectivity index (χ3n) is 1.76. The van der Waals surface area contributed by atoms with Gasteiger partial charge in [0.25, 0.3) is 0 Å². The fourth-order valence-electron chi connectivity index (χ4n) is 1.18. The number of alkyl halides is 1. The van der Waals surface area contributed by atoms with Crippen molar-refractivity contribution in [3.63, 3.8) is 0 Å². The molecule has 0 saturated carbocycles. The van der Waals surface area contributed by atoms with Crippen LogP contribution in [0.3, 0.4) is 0 Å². The van der Waals surface area contributed by atoms with E-state index >= 15 is 0 Å². The van der Waals surface area contributed by atoms with Gasteiger partial charge in [-0.25, -0.2) is 0 Å². The molecule has 0 bridgehead atoms.